The van der Waals surface area contributed by atoms with Gasteiger partial charge in [-0.15, -0.1) is 0 Å². The molecule has 0 aromatic carbocycles. The van der Waals surface area contributed by atoms with Gasteiger partial charge in [-0.2, -0.15) is 0 Å². The quantitative estimate of drug-likeness (QED) is 0.486. The molecule has 146 valence electrons. The zero-order chi connectivity index (χ0) is 19.9. The monoisotopic (exact) mass is 368 g/mol. The Morgan fingerprint density at radius 3 is 2.19 bits per heavy atom. The number of amides is 2. The minimum absolute atomic E-state index is 0.146. The summed E-state index contributed by atoms with van der Waals surface area (Å²) in [5.74, 6) is -1.95. The van der Waals surface area contributed by atoms with Gasteiger partial charge in [-0.05, 0) is 13.8 Å². The Morgan fingerprint density at radius 1 is 1.12 bits per heavy atom. The molecule has 0 radical (unpaired) electrons. The van der Waals surface area contributed by atoms with Gasteiger partial charge in [0, 0.05) is 37.6 Å². The van der Waals surface area contributed by atoms with Crippen LogP contribution in [0.4, 0.5) is 0 Å². The van der Waals surface area contributed by atoms with Crippen LogP contribution in [0.1, 0.15) is 34.1 Å². The third kappa shape index (κ3) is 5.57. The third-order valence-corrected chi connectivity index (χ3v) is 4.24. The van der Waals surface area contributed by atoms with Gasteiger partial charge in [-0.1, -0.05) is 13.8 Å². The number of hydrogen-bond donors (Lipinski definition) is 0. The number of hydrogen-bond acceptors (Lipinski definition) is 6. The number of methoxy groups -OCH3 is 1. The first-order valence-corrected chi connectivity index (χ1v) is 8.80. The van der Waals surface area contributed by atoms with Gasteiger partial charge < -0.3 is 19.3 Å². The maximum atomic E-state index is 12.7. The molecular weight excluding hydrogens is 340 g/mol. The van der Waals surface area contributed by atoms with Crippen LogP contribution in [0, 0.1) is 5.92 Å². The van der Waals surface area contributed by atoms with Crippen LogP contribution in [-0.2, 0) is 28.7 Å². The lowest BCUT2D eigenvalue weighted by atomic mass is 10.1. The number of likely N-dealkylation sites (tertiary alicyclic amines) is 1. The van der Waals surface area contributed by atoms with E-state index in [4.69, 9.17) is 4.74 Å². The molecule has 1 aliphatic heterocycles. The fraction of sp³-hybridized carbons (Fsp3) is 0.667. The molecule has 0 N–H and O–H groups in total. The largest absolute Gasteiger partial charge is 0.466 e. The molecule has 2 atom stereocenters. The number of carbonyl (C=O) groups excluding carboxylic acids is 4. The molecule has 1 rings (SSSR count). The van der Waals surface area contributed by atoms with Crippen LogP contribution < -0.4 is 0 Å². The highest BCUT2D eigenvalue weighted by Crippen LogP contribution is 2.24. The molecule has 0 unspecified atom stereocenters. The van der Waals surface area contributed by atoms with Crippen LogP contribution >= 0.6 is 0 Å². The van der Waals surface area contributed by atoms with E-state index in [2.05, 4.69) is 4.74 Å². The normalized spacial score (nSPS) is 19.7. The van der Waals surface area contributed by atoms with E-state index >= 15 is 0 Å². The summed E-state index contributed by atoms with van der Waals surface area (Å²) in [7, 11) is 1.20. The molecule has 0 aromatic heterocycles. The molecule has 2 amide bonds. The first-order chi connectivity index (χ1) is 12.2. The predicted molar refractivity (Wildman–Crippen MR) is 93.9 cm³/mol. The van der Waals surface area contributed by atoms with E-state index in [0.29, 0.717) is 13.1 Å². The Hall–Kier alpha value is -2.38. The highest BCUT2D eigenvalue weighted by molar-refractivity contribution is 5.92. The van der Waals surface area contributed by atoms with E-state index in [1.54, 1.807) is 18.7 Å². The first kappa shape index (κ1) is 21.7. The maximum Gasteiger partial charge on any atom is 0.331 e. The number of esters is 2. The van der Waals surface area contributed by atoms with Crippen molar-refractivity contribution in [2.45, 2.75) is 46.3 Å². The minimum atomic E-state index is -0.715. The second kappa shape index (κ2) is 9.94. The van der Waals surface area contributed by atoms with Crippen molar-refractivity contribution in [2.75, 3.05) is 26.7 Å². The van der Waals surface area contributed by atoms with E-state index < -0.39 is 24.1 Å². The van der Waals surface area contributed by atoms with Crippen LogP contribution in [0.15, 0.2) is 12.2 Å². The van der Waals surface area contributed by atoms with Gasteiger partial charge in [-0.3, -0.25) is 9.59 Å². The molecule has 0 saturated carbocycles. The zero-order valence-corrected chi connectivity index (χ0v) is 16.1. The summed E-state index contributed by atoms with van der Waals surface area (Å²) in [5, 5.41) is 0. The standard InChI is InChI=1S/C18H28N2O6/c1-6-19(7-2)18(24)14-10-13(11-20(14)17(23)12(3)4)26-16(22)9-8-15(21)25-5/h8-9,12-14H,6-7,10-11H2,1-5H3/b9-8+/t13-,14+/m1/s1. The van der Waals surface area contributed by atoms with Crippen LogP contribution in [0.5, 0.6) is 0 Å². The Balaban J connectivity index is 2.88. The van der Waals surface area contributed by atoms with E-state index in [-0.39, 0.29) is 30.7 Å². The summed E-state index contributed by atoms with van der Waals surface area (Å²) in [6.45, 7) is 8.52. The topological polar surface area (TPSA) is 93.2 Å². The van der Waals surface area contributed by atoms with Crippen molar-refractivity contribution in [3.05, 3.63) is 12.2 Å². The van der Waals surface area contributed by atoms with E-state index in [1.165, 1.54) is 12.0 Å². The molecular formula is C18H28N2O6. The number of ether oxygens (including phenoxy) is 2. The molecule has 1 heterocycles. The maximum absolute atomic E-state index is 12.7. The first-order valence-electron chi connectivity index (χ1n) is 8.80. The number of carbonyl (C=O) groups is 4. The summed E-state index contributed by atoms with van der Waals surface area (Å²) >= 11 is 0. The summed E-state index contributed by atoms with van der Waals surface area (Å²) in [6, 6.07) is -0.646. The van der Waals surface area contributed by atoms with Crippen molar-refractivity contribution in [3.63, 3.8) is 0 Å². The minimum Gasteiger partial charge on any atom is -0.466 e. The molecule has 0 spiro atoms. The van der Waals surface area contributed by atoms with Gasteiger partial charge in [0.15, 0.2) is 0 Å². The number of nitrogens with zero attached hydrogens (tertiary/aromatic N) is 2. The van der Waals surface area contributed by atoms with E-state index in [0.717, 1.165) is 12.2 Å². The summed E-state index contributed by atoms with van der Waals surface area (Å²) in [5.41, 5.74) is 0. The number of likely N-dealkylation sites (N-methyl/N-ethyl adjacent to an activating group) is 1. The molecule has 1 aliphatic rings. The van der Waals surface area contributed by atoms with E-state index in [9.17, 15) is 19.2 Å². The third-order valence-electron chi connectivity index (χ3n) is 4.24. The Morgan fingerprint density at radius 2 is 1.69 bits per heavy atom. The Kier molecular flexibility index (Phi) is 8.28. The lowest BCUT2D eigenvalue weighted by Crippen LogP contribution is -2.48. The molecule has 8 nitrogen and oxygen atoms in total. The predicted octanol–water partition coefficient (Wildman–Crippen LogP) is 0.753. The van der Waals surface area contributed by atoms with Crippen LogP contribution in [0.25, 0.3) is 0 Å². The zero-order valence-electron chi connectivity index (χ0n) is 16.1. The molecule has 1 fully saturated rings. The molecule has 26 heavy (non-hydrogen) atoms. The van der Waals surface area contributed by atoms with Crippen LogP contribution in [0.3, 0.4) is 0 Å². The van der Waals surface area contributed by atoms with Gasteiger partial charge in [0.2, 0.25) is 11.8 Å². The van der Waals surface area contributed by atoms with Gasteiger partial charge in [0.1, 0.15) is 12.1 Å². The van der Waals surface area contributed by atoms with Crippen molar-refractivity contribution < 1.29 is 28.7 Å². The van der Waals surface area contributed by atoms with Gasteiger partial charge >= 0.3 is 11.9 Å². The van der Waals surface area contributed by atoms with Crippen LogP contribution in [-0.4, -0.2) is 72.4 Å². The van der Waals surface area contributed by atoms with Crippen molar-refractivity contribution in [3.8, 4) is 0 Å². The molecule has 0 bridgehead atoms. The summed E-state index contributed by atoms with van der Waals surface area (Å²) in [6.07, 6.45) is 1.58. The van der Waals surface area contributed by atoms with Gasteiger partial charge in [0.25, 0.3) is 0 Å². The smallest absolute Gasteiger partial charge is 0.331 e. The average molecular weight is 368 g/mol. The molecule has 0 aliphatic carbocycles. The van der Waals surface area contributed by atoms with E-state index in [1.807, 2.05) is 13.8 Å². The second-order valence-electron chi connectivity index (χ2n) is 6.32. The molecule has 0 aromatic rings. The Labute approximate surface area is 154 Å². The highest BCUT2D eigenvalue weighted by atomic mass is 16.5. The van der Waals surface area contributed by atoms with Crippen LogP contribution in [0.2, 0.25) is 0 Å². The second-order valence-corrected chi connectivity index (χ2v) is 6.32. The van der Waals surface area contributed by atoms with Crippen molar-refractivity contribution >= 4 is 23.8 Å². The van der Waals surface area contributed by atoms with Crippen molar-refractivity contribution in [1.82, 2.24) is 9.80 Å². The molecule has 1 saturated heterocycles. The summed E-state index contributed by atoms with van der Waals surface area (Å²) in [4.78, 5) is 51.3. The lowest BCUT2D eigenvalue weighted by Gasteiger charge is -2.29. The Bertz CT molecular complexity index is 568. The molecule has 8 heteroatoms. The SMILES string of the molecule is CCN(CC)C(=O)[C@@H]1C[C@@H](OC(=O)/C=C/C(=O)OC)CN1C(=O)C(C)C. The van der Waals surface area contributed by atoms with Gasteiger partial charge in [0.05, 0.1) is 13.7 Å². The fourth-order valence-corrected chi connectivity index (χ4v) is 2.85. The fourth-order valence-electron chi connectivity index (χ4n) is 2.85. The summed E-state index contributed by atoms with van der Waals surface area (Å²) < 4.78 is 9.70. The van der Waals surface area contributed by atoms with Crippen molar-refractivity contribution in [1.29, 1.82) is 0 Å². The lowest BCUT2D eigenvalue weighted by molar-refractivity contribution is -0.145. The van der Waals surface area contributed by atoms with Gasteiger partial charge in [-0.25, -0.2) is 9.59 Å². The number of rotatable bonds is 7. The highest BCUT2D eigenvalue weighted by Gasteiger charge is 2.42. The average Bonchev–Trinajstić information content (AvgIpc) is 3.03. The van der Waals surface area contributed by atoms with Crippen molar-refractivity contribution in [2.24, 2.45) is 5.92 Å².